The number of carbonyl (C=O) groups excluding carboxylic acids is 4. The van der Waals surface area contributed by atoms with Gasteiger partial charge in [0.1, 0.15) is 19.3 Å². The van der Waals surface area contributed by atoms with Crippen molar-refractivity contribution in [1.82, 2.24) is 0 Å². The van der Waals surface area contributed by atoms with E-state index in [1.807, 2.05) is 0 Å². The molecule has 648 valence electrons. The van der Waals surface area contributed by atoms with Gasteiger partial charge in [-0.15, -0.1) is 0 Å². The number of ether oxygens (including phenoxy) is 4. The average molecular weight is 1590 g/mol. The fraction of sp³-hybridized carbons (Fsp3) is 0.956. The normalized spacial score (nSPS) is 14.6. The number of unbranched alkanes of at least 4 members (excludes halogenated alkanes) is 50. The second-order valence-corrected chi connectivity index (χ2v) is 36.5. The zero-order valence-electron chi connectivity index (χ0n) is 72.2. The molecule has 19 heteroatoms. The van der Waals surface area contributed by atoms with Crippen LogP contribution in [0, 0.1) is 23.7 Å². The average Bonchev–Trinajstić information content (AvgIpc) is 0.900. The molecule has 0 spiro atoms. The summed E-state index contributed by atoms with van der Waals surface area (Å²) in [5, 5.41) is 10.7. The Morgan fingerprint density at radius 1 is 0.257 bits per heavy atom. The van der Waals surface area contributed by atoms with Crippen LogP contribution in [0.3, 0.4) is 0 Å². The van der Waals surface area contributed by atoms with Crippen molar-refractivity contribution in [3.8, 4) is 0 Å². The lowest BCUT2D eigenvalue weighted by molar-refractivity contribution is -0.161. The fourth-order valence-corrected chi connectivity index (χ4v) is 15.5. The molecule has 0 aliphatic rings. The first kappa shape index (κ1) is 107. The number of phosphoric acid groups is 2. The van der Waals surface area contributed by atoms with Crippen LogP contribution < -0.4 is 0 Å². The number of carbonyl (C=O) groups is 4. The minimum Gasteiger partial charge on any atom is -0.462 e. The van der Waals surface area contributed by atoms with Crippen molar-refractivity contribution in [3.05, 3.63) is 0 Å². The van der Waals surface area contributed by atoms with Gasteiger partial charge in [0.25, 0.3) is 0 Å². The summed E-state index contributed by atoms with van der Waals surface area (Å²) in [6.45, 7) is 14.5. The molecule has 0 radical (unpaired) electrons. The lowest BCUT2D eigenvalue weighted by atomic mass is 9.99. The van der Waals surface area contributed by atoms with E-state index in [1.54, 1.807) is 0 Å². The molecule has 0 aliphatic carbocycles. The van der Waals surface area contributed by atoms with Crippen molar-refractivity contribution in [3.63, 3.8) is 0 Å². The summed E-state index contributed by atoms with van der Waals surface area (Å²) in [5.74, 6) is 1.19. The molecule has 0 aliphatic heterocycles. The molecule has 17 nitrogen and oxygen atoms in total. The highest BCUT2D eigenvalue weighted by molar-refractivity contribution is 7.47. The standard InChI is InChI=1S/C90H176O17P2/c1-9-81(6)67-59-51-43-34-28-22-16-14-12-13-15-17-26-32-38-48-56-64-72-89(94)106-85(76-100-87(92)70-62-54-46-37-31-25-20-18-23-29-35-44-52-60-68-82(7)10-2)78-104-108(96,97)102-74-84(91)75-103-109(98,99)105-79-86(77-101-88(93)71-63-55-47-41-40-42-50-58-66-80(4)5)107-90(95)73-65-57-49-39-33-27-21-19-24-30-36-45-53-61-69-83(8)11-3/h80-86,91H,9-79H2,1-8H3,(H,96,97)(H,98,99)/t81?,82?,83?,84-,85-,86-/m1/s1. The predicted molar refractivity (Wildman–Crippen MR) is 451 cm³/mol. The molecule has 0 heterocycles. The molecule has 0 bridgehead atoms. The van der Waals surface area contributed by atoms with E-state index in [0.717, 1.165) is 114 Å². The van der Waals surface area contributed by atoms with Crippen LogP contribution in [0.1, 0.15) is 473 Å². The number of aliphatic hydroxyl groups is 1. The summed E-state index contributed by atoms with van der Waals surface area (Å²) < 4.78 is 69.0. The van der Waals surface area contributed by atoms with E-state index >= 15 is 0 Å². The van der Waals surface area contributed by atoms with Gasteiger partial charge in [0.05, 0.1) is 26.4 Å². The van der Waals surface area contributed by atoms with E-state index in [9.17, 15) is 43.2 Å². The van der Waals surface area contributed by atoms with Gasteiger partial charge in [0, 0.05) is 25.7 Å². The van der Waals surface area contributed by atoms with Gasteiger partial charge < -0.3 is 33.8 Å². The largest absolute Gasteiger partial charge is 0.472 e. The van der Waals surface area contributed by atoms with Crippen LogP contribution in [-0.4, -0.2) is 96.7 Å². The molecule has 0 saturated heterocycles. The van der Waals surface area contributed by atoms with E-state index in [-0.39, 0.29) is 25.7 Å². The van der Waals surface area contributed by atoms with Crippen molar-refractivity contribution in [2.45, 2.75) is 491 Å². The Balaban J connectivity index is 5.25. The summed E-state index contributed by atoms with van der Waals surface area (Å²) >= 11 is 0. The highest BCUT2D eigenvalue weighted by Crippen LogP contribution is 2.45. The Kier molecular flexibility index (Phi) is 77.2. The summed E-state index contributed by atoms with van der Waals surface area (Å²) in [5.41, 5.74) is 0. The molecule has 109 heavy (non-hydrogen) atoms. The van der Waals surface area contributed by atoms with Gasteiger partial charge >= 0.3 is 39.5 Å². The Morgan fingerprint density at radius 3 is 0.651 bits per heavy atom. The van der Waals surface area contributed by atoms with Crippen LogP contribution in [-0.2, 0) is 65.4 Å². The van der Waals surface area contributed by atoms with E-state index < -0.39 is 97.5 Å². The molecule has 0 rings (SSSR count). The Labute approximate surface area is 670 Å². The number of phosphoric ester groups is 2. The number of hydrogen-bond donors (Lipinski definition) is 3. The smallest absolute Gasteiger partial charge is 0.462 e. The lowest BCUT2D eigenvalue weighted by Gasteiger charge is -2.21. The van der Waals surface area contributed by atoms with Crippen molar-refractivity contribution < 1.29 is 80.2 Å². The first-order valence-electron chi connectivity index (χ1n) is 46.3. The molecule has 0 aromatic carbocycles. The van der Waals surface area contributed by atoms with Crippen LogP contribution in [0.25, 0.3) is 0 Å². The molecule has 0 aromatic rings. The third-order valence-electron chi connectivity index (χ3n) is 22.2. The minimum absolute atomic E-state index is 0.107. The SMILES string of the molecule is CCC(C)CCCCCCCCCCCCCCCCCCCCC(=O)O[C@H](COC(=O)CCCCCCCCCCCCCCCCC(C)CC)COP(=O)(O)OC[C@@H](O)COP(=O)(O)OC[C@@H](COC(=O)CCCCCCCCCCC(C)C)OC(=O)CCCCCCCCCCCCCCCCC(C)CC. The van der Waals surface area contributed by atoms with Gasteiger partial charge in [-0.3, -0.25) is 37.3 Å². The first-order valence-corrected chi connectivity index (χ1v) is 49.3. The molecule has 0 aromatic heterocycles. The summed E-state index contributed by atoms with van der Waals surface area (Å²) in [6, 6.07) is 0. The Hall–Kier alpha value is -1.94. The van der Waals surface area contributed by atoms with Crippen LogP contribution >= 0.6 is 15.6 Å². The second-order valence-electron chi connectivity index (χ2n) is 33.5. The zero-order valence-corrected chi connectivity index (χ0v) is 74.0. The quantitative estimate of drug-likeness (QED) is 0.0222. The van der Waals surface area contributed by atoms with Crippen LogP contribution in [0.5, 0.6) is 0 Å². The Bertz CT molecular complexity index is 2120. The maximum absolute atomic E-state index is 13.2. The van der Waals surface area contributed by atoms with Crippen LogP contribution in [0.2, 0.25) is 0 Å². The topological polar surface area (TPSA) is 237 Å². The van der Waals surface area contributed by atoms with Crippen molar-refractivity contribution in [2.24, 2.45) is 23.7 Å². The molecule has 0 fully saturated rings. The molecular weight excluding hydrogens is 1410 g/mol. The third-order valence-corrected chi connectivity index (χ3v) is 24.1. The number of esters is 4. The van der Waals surface area contributed by atoms with Gasteiger partial charge in [0.15, 0.2) is 12.2 Å². The molecule has 8 atom stereocenters. The highest BCUT2D eigenvalue weighted by Gasteiger charge is 2.31. The predicted octanol–water partition coefficient (Wildman–Crippen LogP) is 27.5. The number of hydrogen-bond acceptors (Lipinski definition) is 15. The summed E-state index contributed by atoms with van der Waals surface area (Å²) in [6.07, 6.45) is 69.3. The third kappa shape index (κ3) is 79.7. The monoisotopic (exact) mass is 1590 g/mol. The second kappa shape index (κ2) is 78.6. The van der Waals surface area contributed by atoms with Crippen LogP contribution in [0.15, 0.2) is 0 Å². The van der Waals surface area contributed by atoms with Crippen molar-refractivity contribution >= 4 is 39.5 Å². The van der Waals surface area contributed by atoms with E-state index in [2.05, 4.69) is 55.4 Å². The number of rotatable bonds is 87. The molecule has 0 saturated carbocycles. The lowest BCUT2D eigenvalue weighted by Crippen LogP contribution is -2.30. The molecule has 0 amide bonds. The van der Waals surface area contributed by atoms with Crippen molar-refractivity contribution in [1.29, 1.82) is 0 Å². The zero-order chi connectivity index (χ0) is 80.2. The molecular formula is C90H176O17P2. The van der Waals surface area contributed by atoms with Gasteiger partial charge in [0.2, 0.25) is 0 Å². The van der Waals surface area contributed by atoms with Crippen LogP contribution in [0.4, 0.5) is 0 Å². The molecule has 3 N–H and O–H groups in total. The van der Waals surface area contributed by atoms with Gasteiger partial charge in [-0.25, -0.2) is 9.13 Å². The van der Waals surface area contributed by atoms with Crippen molar-refractivity contribution in [2.75, 3.05) is 39.6 Å². The minimum atomic E-state index is -4.97. The summed E-state index contributed by atoms with van der Waals surface area (Å²) in [4.78, 5) is 73.4. The highest BCUT2D eigenvalue weighted by atomic mass is 31.2. The fourth-order valence-electron chi connectivity index (χ4n) is 13.9. The van der Waals surface area contributed by atoms with Gasteiger partial charge in [-0.2, -0.15) is 0 Å². The summed E-state index contributed by atoms with van der Waals surface area (Å²) in [7, 11) is -9.94. The number of aliphatic hydroxyl groups excluding tert-OH is 1. The van der Waals surface area contributed by atoms with E-state index in [0.29, 0.717) is 25.7 Å². The van der Waals surface area contributed by atoms with E-state index in [1.165, 1.54) is 276 Å². The maximum Gasteiger partial charge on any atom is 0.472 e. The maximum atomic E-state index is 13.2. The first-order chi connectivity index (χ1) is 52.7. The van der Waals surface area contributed by atoms with E-state index in [4.69, 9.17) is 37.0 Å². The molecule has 5 unspecified atom stereocenters. The van der Waals surface area contributed by atoms with Gasteiger partial charge in [-0.1, -0.05) is 421 Å². The Morgan fingerprint density at radius 2 is 0.440 bits per heavy atom. The van der Waals surface area contributed by atoms with Gasteiger partial charge in [-0.05, 0) is 49.4 Å².